The number of carbonyl (C=O) groups excluding carboxylic acids is 2. The second-order valence-corrected chi connectivity index (χ2v) is 12.9. The number of anilines is 1. The number of nitrogens with one attached hydrogen (secondary N) is 2. The van der Waals surface area contributed by atoms with Crippen LogP contribution in [0.5, 0.6) is 5.75 Å². The van der Waals surface area contributed by atoms with Crippen molar-refractivity contribution >= 4 is 27.5 Å². The SMILES string of the molecule is CCCCCC=CCC=CCCCCCCCC(=O)NS(=O)(=O)c1ccccc1NC(=O)c1cccc(OCc2ccccc2)c1. The number of para-hydroxylation sites is 1. The van der Waals surface area contributed by atoms with Crippen molar-refractivity contribution in [3.05, 3.63) is 114 Å². The standard InChI is InChI=1S/C38H48N2O5S/c1-2-3-4-5-6-7-8-9-10-11-12-13-14-15-19-29-37(41)40-46(43,44)36-28-21-20-27-35(36)39-38(42)33-25-22-26-34(30-33)45-31-32-23-17-16-18-24-32/h6-7,9-10,16-18,20-28,30H,2-5,8,11-15,19,29,31H2,1H3,(H,39,42)(H,40,41). The van der Waals surface area contributed by atoms with E-state index in [9.17, 15) is 18.0 Å². The van der Waals surface area contributed by atoms with Gasteiger partial charge in [0.1, 0.15) is 17.3 Å². The van der Waals surface area contributed by atoms with E-state index in [2.05, 4.69) is 41.3 Å². The Hall–Kier alpha value is -4.17. The van der Waals surface area contributed by atoms with Crippen LogP contribution in [0.4, 0.5) is 5.69 Å². The molecule has 3 rings (SSSR count). The number of unbranched alkanes of at least 4 members (excludes halogenated alkanes) is 8. The van der Waals surface area contributed by atoms with Crippen LogP contribution in [0.2, 0.25) is 0 Å². The van der Waals surface area contributed by atoms with Crippen molar-refractivity contribution in [3.8, 4) is 5.75 Å². The highest BCUT2D eigenvalue weighted by molar-refractivity contribution is 7.90. The van der Waals surface area contributed by atoms with E-state index in [1.807, 2.05) is 30.3 Å². The number of hydrogen-bond acceptors (Lipinski definition) is 5. The summed E-state index contributed by atoms with van der Waals surface area (Å²) < 4.78 is 34.2. The van der Waals surface area contributed by atoms with Crippen LogP contribution >= 0.6 is 0 Å². The first-order valence-electron chi connectivity index (χ1n) is 16.4. The summed E-state index contributed by atoms with van der Waals surface area (Å²) in [5, 5.41) is 2.67. The smallest absolute Gasteiger partial charge is 0.266 e. The van der Waals surface area contributed by atoms with Crippen LogP contribution in [0.15, 0.2) is 108 Å². The van der Waals surface area contributed by atoms with Crippen LogP contribution in [-0.2, 0) is 21.4 Å². The fourth-order valence-corrected chi connectivity index (χ4v) is 6.00. The Morgan fingerprint density at radius 3 is 2.17 bits per heavy atom. The molecule has 2 amide bonds. The molecule has 8 heteroatoms. The van der Waals surface area contributed by atoms with Gasteiger partial charge >= 0.3 is 0 Å². The zero-order valence-electron chi connectivity index (χ0n) is 27.0. The monoisotopic (exact) mass is 644 g/mol. The molecule has 0 saturated carbocycles. The number of sulfonamides is 1. The summed E-state index contributed by atoms with van der Waals surface area (Å²) in [5.74, 6) is -0.544. The maximum absolute atomic E-state index is 13.1. The minimum absolute atomic E-state index is 0.0838. The molecule has 0 aliphatic carbocycles. The normalized spacial score (nSPS) is 11.6. The van der Waals surface area contributed by atoms with Crippen LogP contribution in [0.3, 0.4) is 0 Å². The van der Waals surface area contributed by atoms with Crippen molar-refractivity contribution in [2.75, 3.05) is 5.32 Å². The fraction of sp³-hybridized carbons (Fsp3) is 0.368. The van der Waals surface area contributed by atoms with Crippen molar-refractivity contribution < 1.29 is 22.7 Å². The van der Waals surface area contributed by atoms with E-state index < -0.39 is 21.8 Å². The molecule has 0 saturated heterocycles. The Labute approximate surface area is 275 Å². The molecule has 0 fully saturated rings. The topological polar surface area (TPSA) is 102 Å². The van der Waals surface area contributed by atoms with Crippen LogP contribution in [-0.4, -0.2) is 20.2 Å². The highest BCUT2D eigenvalue weighted by Gasteiger charge is 2.22. The molecule has 0 aliphatic heterocycles. The summed E-state index contributed by atoms with van der Waals surface area (Å²) in [5.41, 5.74) is 1.39. The molecule has 3 aromatic carbocycles. The average molecular weight is 645 g/mol. The molecule has 46 heavy (non-hydrogen) atoms. The summed E-state index contributed by atoms with van der Waals surface area (Å²) in [6, 6.07) is 22.4. The number of rotatable bonds is 21. The first-order valence-corrected chi connectivity index (χ1v) is 17.9. The van der Waals surface area contributed by atoms with Crippen LogP contribution in [0.25, 0.3) is 0 Å². The molecular formula is C38H48N2O5S. The molecule has 0 unspecified atom stereocenters. The Balaban J connectivity index is 1.39. The van der Waals surface area contributed by atoms with E-state index in [4.69, 9.17) is 4.74 Å². The molecule has 7 nitrogen and oxygen atoms in total. The van der Waals surface area contributed by atoms with E-state index in [0.29, 0.717) is 24.3 Å². The summed E-state index contributed by atoms with van der Waals surface area (Å²) in [7, 11) is -4.19. The highest BCUT2D eigenvalue weighted by atomic mass is 32.2. The predicted octanol–water partition coefficient (Wildman–Crippen LogP) is 9.14. The quantitative estimate of drug-likeness (QED) is 0.0890. The summed E-state index contributed by atoms with van der Waals surface area (Å²) >= 11 is 0. The number of carbonyl (C=O) groups is 2. The fourth-order valence-electron chi connectivity index (χ4n) is 4.82. The molecule has 246 valence electrons. The van der Waals surface area contributed by atoms with Gasteiger partial charge in [-0.3, -0.25) is 9.59 Å². The van der Waals surface area contributed by atoms with Crippen molar-refractivity contribution in [3.63, 3.8) is 0 Å². The van der Waals surface area contributed by atoms with Crippen LogP contribution in [0.1, 0.15) is 99.9 Å². The largest absolute Gasteiger partial charge is 0.489 e. The minimum Gasteiger partial charge on any atom is -0.489 e. The Bertz CT molecular complexity index is 1520. The van der Waals surface area contributed by atoms with Crippen molar-refractivity contribution in [1.82, 2.24) is 4.72 Å². The molecule has 0 aliphatic rings. The summed E-state index contributed by atoms with van der Waals surface area (Å²) in [6.45, 7) is 2.57. The third kappa shape index (κ3) is 13.9. The zero-order chi connectivity index (χ0) is 32.9. The van der Waals surface area contributed by atoms with Gasteiger partial charge in [-0.2, -0.15) is 0 Å². The molecule has 0 aromatic heterocycles. The lowest BCUT2D eigenvalue weighted by atomic mass is 10.1. The third-order valence-electron chi connectivity index (χ3n) is 7.37. The van der Waals surface area contributed by atoms with E-state index in [0.717, 1.165) is 44.1 Å². The predicted molar refractivity (Wildman–Crippen MR) is 186 cm³/mol. The van der Waals surface area contributed by atoms with E-state index in [1.54, 1.807) is 36.4 Å². The lowest BCUT2D eigenvalue weighted by Crippen LogP contribution is -2.31. The van der Waals surface area contributed by atoms with E-state index in [1.165, 1.54) is 37.8 Å². The summed E-state index contributed by atoms with van der Waals surface area (Å²) in [4.78, 5) is 25.4. The Kier molecular flexibility index (Phi) is 16.4. The van der Waals surface area contributed by atoms with Gasteiger partial charge in [-0.25, -0.2) is 13.1 Å². The second-order valence-electron chi connectivity index (χ2n) is 11.3. The molecule has 2 N–H and O–H groups in total. The number of allylic oxidation sites excluding steroid dienone is 4. The van der Waals surface area contributed by atoms with Gasteiger partial charge in [-0.15, -0.1) is 0 Å². The van der Waals surface area contributed by atoms with Gasteiger partial charge in [-0.1, -0.05) is 112 Å². The third-order valence-corrected chi connectivity index (χ3v) is 8.80. The van der Waals surface area contributed by atoms with Gasteiger partial charge in [0.05, 0.1) is 5.69 Å². The summed E-state index contributed by atoms with van der Waals surface area (Å²) in [6.07, 6.45) is 20.7. The van der Waals surface area contributed by atoms with Gasteiger partial charge in [0.25, 0.3) is 15.9 Å². The number of benzene rings is 3. The highest BCUT2D eigenvalue weighted by Crippen LogP contribution is 2.23. The molecule has 0 bridgehead atoms. The molecule has 0 radical (unpaired) electrons. The van der Waals surface area contributed by atoms with Gasteiger partial charge in [-0.05, 0) is 74.4 Å². The van der Waals surface area contributed by atoms with Crippen molar-refractivity contribution in [1.29, 1.82) is 0 Å². The Morgan fingerprint density at radius 2 is 1.41 bits per heavy atom. The van der Waals surface area contributed by atoms with Crippen molar-refractivity contribution in [2.24, 2.45) is 0 Å². The Morgan fingerprint density at radius 1 is 0.739 bits per heavy atom. The molecule has 0 atom stereocenters. The molecular weight excluding hydrogens is 596 g/mol. The second kappa shape index (κ2) is 20.8. The number of ether oxygens (including phenoxy) is 1. The molecule has 0 spiro atoms. The lowest BCUT2D eigenvalue weighted by Gasteiger charge is -2.13. The van der Waals surface area contributed by atoms with Crippen LogP contribution < -0.4 is 14.8 Å². The molecule has 0 heterocycles. The van der Waals surface area contributed by atoms with E-state index in [-0.39, 0.29) is 17.0 Å². The first-order chi connectivity index (χ1) is 22.4. The maximum Gasteiger partial charge on any atom is 0.266 e. The maximum atomic E-state index is 13.1. The average Bonchev–Trinajstić information content (AvgIpc) is 3.06. The number of hydrogen-bond donors (Lipinski definition) is 2. The number of amides is 2. The molecule has 3 aromatic rings. The van der Waals surface area contributed by atoms with Gasteiger partial charge in [0, 0.05) is 12.0 Å². The van der Waals surface area contributed by atoms with Crippen LogP contribution in [0, 0.1) is 0 Å². The van der Waals surface area contributed by atoms with Crippen molar-refractivity contribution in [2.45, 2.75) is 95.5 Å². The van der Waals surface area contributed by atoms with Gasteiger partial charge < -0.3 is 10.1 Å². The zero-order valence-corrected chi connectivity index (χ0v) is 27.8. The van der Waals surface area contributed by atoms with Gasteiger partial charge in [0.15, 0.2) is 0 Å². The first kappa shape index (κ1) is 36.3. The van der Waals surface area contributed by atoms with E-state index >= 15 is 0 Å². The minimum atomic E-state index is -4.19. The lowest BCUT2D eigenvalue weighted by molar-refractivity contribution is -0.119. The van der Waals surface area contributed by atoms with Gasteiger partial charge in [0.2, 0.25) is 5.91 Å².